The van der Waals surface area contributed by atoms with Crippen LogP contribution in [0.3, 0.4) is 0 Å². The number of carbonyl (C=O) groups is 2. The smallest absolute Gasteiger partial charge is 0.284 e. The second-order valence-corrected chi connectivity index (χ2v) is 6.40. The van der Waals surface area contributed by atoms with E-state index in [0.29, 0.717) is 16.7 Å². The summed E-state index contributed by atoms with van der Waals surface area (Å²) in [5.74, 6) is -0.856. The zero-order chi connectivity index (χ0) is 20.3. The fourth-order valence-corrected chi connectivity index (χ4v) is 3.02. The lowest BCUT2D eigenvalue weighted by molar-refractivity contribution is -0.121. The molecule has 146 valence electrons. The number of methoxy groups -OCH3 is 1. The van der Waals surface area contributed by atoms with Crippen LogP contribution in [0.1, 0.15) is 22.3 Å². The molecule has 3 aromatic rings. The second kappa shape index (κ2) is 8.20. The second-order valence-electron chi connectivity index (χ2n) is 6.40. The third kappa shape index (κ3) is 3.88. The summed E-state index contributed by atoms with van der Waals surface area (Å²) in [7, 11) is 3.08. The topological polar surface area (TPSA) is 111 Å². The minimum atomic E-state index is -0.831. The van der Waals surface area contributed by atoms with Gasteiger partial charge in [0, 0.05) is 19.8 Å². The average molecular weight is 382 g/mol. The number of hydrogen-bond donors (Lipinski definition) is 2. The van der Waals surface area contributed by atoms with Gasteiger partial charge in [0.1, 0.15) is 6.61 Å². The summed E-state index contributed by atoms with van der Waals surface area (Å²) in [6.07, 6.45) is -0.831. The van der Waals surface area contributed by atoms with Crippen molar-refractivity contribution in [3.05, 3.63) is 59.9 Å². The number of amides is 2. The molecule has 8 heteroatoms. The maximum Gasteiger partial charge on any atom is 0.284 e. The molecule has 0 unspecified atom stereocenters. The molecule has 0 spiro atoms. The minimum absolute atomic E-state index is 0.0429. The molecule has 2 amide bonds. The number of aliphatic hydroxyl groups excluding tert-OH is 1. The third-order valence-corrected chi connectivity index (χ3v) is 4.52. The van der Waals surface area contributed by atoms with Crippen molar-refractivity contribution in [2.75, 3.05) is 25.7 Å². The lowest BCUT2D eigenvalue weighted by Gasteiger charge is -2.17. The number of hydrogen-bond acceptors (Lipinski definition) is 5. The first-order valence-corrected chi connectivity index (χ1v) is 8.71. The molecule has 1 atom stereocenters. The number of ether oxygens (including phenoxy) is 1. The Bertz CT molecular complexity index is 1000. The van der Waals surface area contributed by atoms with Crippen LogP contribution in [0, 0.1) is 0 Å². The fraction of sp³-hybridized carbons (Fsp3) is 0.250. The van der Waals surface area contributed by atoms with E-state index in [0.717, 1.165) is 5.56 Å². The van der Waals surface area contributed by atoms with Gasteiger partial charge in [0.05, 0.1) is 23.7 Å². The van der Waals surface area contributed by atoms with Gasteiger partial charge in [0.25, 0.3) is 11.8 Å². The molecule has 0 radical (unpaired) electrons. The molecule has 1 aromatic heterocycles. The van der Waals surface area contributed by atoms with Gasteiger partial charge < -0.3 is 25.0 Å². The van der Waals surface area contributed by atoms with Gasteiger partial charge in [-0.05, 0) is 23.8 Å². The van der Waals surface area contributed by atoms with Gasteiger partial charge in [-0.3, -0.25) is 9.59 Å². The molecule has 28 heavy (non-hydrogen) atoms. The fourth-order valence-electron chi connectivity index (χ4n) is 3.02. The van der Waals surface area contributed by atoms with E-state index < -0.39 is 12.0 Å². The molecule has 0 aliphatic carbocycles. The van der Waals surface area contributed by atoms with Crippen LogP contribution in [0.2, 0.25) is 0 Å². The Morgan fingerprint density at radius 2 is 1.96 bits per heavy atom. The van der Waals surface area contributed by atoms with E-state index in [1.807, 2.05) is 30.3 Å². The molecular formula is C20H22N4O4. The molecule has 0 saturated carbocycles. The number of rotatable bonds is 7. The zero-order valence-corrected chi connectivity index (χ0v) is 15.7. The molecular weight excluding hydrogens is 360 g/mol. The Hall–Kier alpha value is -3.23. The average Bonchev–Trinajstić information content (AvgIpc) is 3.06. The number of aromatic nitrogens is 2. The summed E-state index contributed by atoms with van der Waals surface area (Å²) in [5, 5.41) is 10.6. The van der Waals surface area contributed by atoms with E-state index in [4.69, 9.17) is 10.5 Å². The molecule has 0 aliphatic rings. The molecule has 0 saturated heterocycles. The summed E-state index contributed by atoms with van der Waals surface area (Å²) >= 11 is 0. The van der Waals surface area contributed by atoms with Gasteiger partial charge in [-0.1, -0.05) is 30.3 Å². The van der Waals surface area contributed by atoms with E-state index in [-0.39, 0.29) is 24.9 Å². The minimum Gasteiger partial charge on any atom is -0.387 e. The number of aliphatic hydroxyl groups is 1. The molecule has 3 rings (SSSR count). The van der Waals surface area contributed by atoms with E-state index in [1.165, 1.54) is 12.0 Å². The van der Waals surface area contributed by atoms with Gasteiger partial charge in [-0.15, -0.1) is 0 Å². The highest BCUT2D eigenvalue weighted by atomic mass is 16.5. The largest absolute Gasteiger partial charge is 0.387 e. The lowest BCUT2D eigenvalue weighted by Crippen LogP contribution is -2.29. The van der Waals surface area contributed by atoms with Gasteiger partial charge in [-0.2, -0.15) is 0 Å². The van der Waals surface area contributed by atoms with E-state index in [1.54, 1.807) is 29.8 Å². The first-order chi connectivity index (χ1) is 13.4. The molecule has 0 aliphatic heterocycles. The van der Waals surface area contributed by atoms with Crippen LogP contribution < -0.4 is 10.6 Å². The van der Waals surface area contributed by atoms with Gasteiger partial charge in [0.2, 0.25) is 0 Å². The Kier molecular flexibility index (Phi) is 5.72. The SMILES string of the molecule is COCC(=O)N(C)c1ccc2c(c1)nc(C(N)=O)n2C[C@@H](O)c1ccccc1. The Morgan fingerprint density at radius 1 is 1.25 bits per heavy atom. The number of imidazole rings is 1. The van der Waals surface area contributed by atoms with E-state index in [9.17, 15) is 14.7 Å². The number of primary amides is 1. The number of anilines is 1. The number of nitrogens with zero attached hydrogens (tertiary/aromatic N) is 3. The molecule has 2 aromatic carbocycles. The monoisotopic (exact) mass is 382 g/mol. The zero-order valence-electron chi connectivity index (χ0n) is 15.7. The predicted molar refractivity (Wildman–Crippen MR) is 105 cm³/mol. The van der Waals surface area contributed by atoms with Crippen molar-refractivity contribution in [3.8, 4) is 0 Å². The Morgan fingerprint density at radius 3 is 2.61 bits per heavy atom. The number of nitrogens with two attached hydrogens (primary N) is 1. The van der Waals surface area contributed by atoms with Crippen LogP contribution >= 0.6 is 0 Å². The van der Waals surface area contributed by atoms with Crippen molar-refractivity contribution >= 4 is 28.5 Å². The van der Waals surface area contributed by atoms with Crippen molar-refractivity contribution in [2.45, 2.75) is 12.6 Å². The van der Waals surface area contributed by atoms with E-state index in [2.05, 4.69) is 4.98 Å². The highest BCUT2D eigenvalue weighted by Gasteiger charge is 2.20. The molecule has 1 heterocycles. The standard InChI is InChI=1S/C20H22N4O4/c1-23(18(26)12-28-2)14-8-9-16-15(10-14)22-20(19(21)27)24(16)11-17(25)13-6-4-3-5-7-13/h3-10,17,25H,11-12H2,1-2H3,(H2,21,27)/t17-/m1/s1. The highest BCUT2D eigenvalue weighted by Crippen LogP contribution is 2.25. The normalized spacial score (nSPS) is 12.1. The number of carbonyl (C=O) groups excluding carboxylic acids is 2. The lowest BCUT2D eigenvalue weighted by atomic mass is 10.1. The summed E-state index contributed by atoms with van der Waals surface area (Å²) in [6.45, 7) is 0.0787. The third-order valence-electron chi connectivity index (χ3n) is 4.52. The van der Waals surface area contributed by atoms with Crippen LogP contribution in [-0.4, -0.2) is 47.2 Å². The van der Waals surface area contributed by atoms with Crippen molar-refractivity contribution in [3.63, 3.8) is 0 Å². The quantitative estimate of drug-likeness (QED) is 0.643. The molecule has 3 N–H and O–H groups in total. The van der Waals surface area contributed by atoms with E-state index >= 15 is 0 Å². The van der Waals surface area contributed by atoms with Crippen LogP contribution in [0.4, 0.5) is 5.69 Å². The van der Waals surface area contributed by atoms with Gasteiger partial charge >= 0.3 is 0 Å². The molecule has 0 bridgehead atoms. The maximum absolute atomic E-state index is 12.0. The first-order valence-electron chi connectivity index (χ1n) is 8.71. The van der Waals surface area contributed by atoms with Crippen LogP contribution in [-0.2, 0) is 16.1 Å². The summed E-state index contributed by atoms with van der Waals surface area (Å²) in [6, 6.07) is 14.3. The van der Waals surface area contributed by atoms with Crippen LogP contribution in [0.15, 0.2) is 48.5 Å². The van der Waals surface area contributed by atoms with Crippen LogP contribution in [0.5, 0.6) is 0 Å². The highest BCUT2D eigenvalue weighted by molar-refractivity contribution is 5.97. The maximum atomic E-state index is 12.0. The van der Waals surface area contributed by atoms with Crippen LogP contribution in [0.25, 0.3) is 11.0 Å². The van der Waals surface area contributed by atoms with Crippen molar-refractivity contribution in [1.29, 1.82) is 0 Å². The summed E-state index contributed by atoms with van der Waals surface area (Å²) in [5.41, 5.74) is 7.97. The first kappa shape index (κ1) is 19.5. The molecule has 8 nitrogen and oxygen atoms in total. The molecule has 0 fully saturated rings. The number of fused-ring (bicyclic) bond motifs is 1. The Balaban J connectivity index is 1.99. The predicted octanol–water partition coefficient (Wildman–Crippen LogP) is 1.48. The summed E-state index contributed by atoms with van der Waals surface area (Å²) < 4.78 is 6.47. The number of benzene rings is 2. The van der Waals surface area contributed by atoms with Crippen molar-refractivity contribution < 1.29 is 19.4 Å². The number of likely N-dealkylation sites (N-methyl/N-ethyl adjacent to an activating group) is 1. The van der Waals surface area contributed by atoms with Gasteiger partial charge in [-0.25, -0.2) is 4.98 Å². The van der Waals surface area contributed by atoms with Gasteiger partial charge in [0.15, 0.2) is 5.82 Å². The Labute approximate surface area is 162 Å². The van der Waals surface area contributed by atoms with Crippen molar-refractivity contribution in [1.82, 2.24) is 9.55 Å². The summed E-state index contributed by atoms with van der Waals surface area (Å²) in [4.78, 5) is 29.7. The van der Waals surface area contributed by atoms with Crippen molar-refractivity contribution in [2.24, 2.45) is 5.73 Å².